The topological polar surface area (TPSA) is 70.8 Å². The molecule has 0 radical (unpaired) electrons. The lowest BCUT2D eigenvalue weighted by atomic mass is 9.85. The molecule has 0 saturated heterocycles. The smallest absolute Gasteiger partial charge is 0.294 e. The number of furan rings is 1. The molecule has 1 aliphatic rings. The van der Waals surface area contributed by atoms with Crippen molar-refractivity contribution >= 4 is 55.9 Å². The minimum Gasteiger partial charge on any atom is -0.503 e. The van der Waals surface area contributed by atoms with Crippen molar-refractivity contribution < 1.29 is 19.1 Å². The van der Waals surface area contributed by atoms with E-state index in [0.717, 1.165) is 21.0 Å². The maximum absolute atomic E-state index is 13.9. The van der Waals surface area contributed by atoms with Gasteiger partial charge in [-0.25, -0.2) is 0 Å². The first-order valence-electron chi connectivity index (χ1n) is 11.8. The summed E-state index contributed by atoms with van der Waals surface area (Å²) in [5.41, 5.74) is 3.51. The molecule has 0 fully saturated rings. The fraction of sp³-hybridized carbons (Fsp3) is 0.200. The van der Waals surface area contributed by atoms with Crippen molar-refractivity contribution in [2.75, 3.05) is 4.90 Å². The zero-order valence-corrected chi connectivity index (χ0v) is 23.1. The van der Waals surface area contributed by atoms with Crippen molar-refractivity contribution in [3.63, 3.8) is 0 Å². The van der Waals surface area contributed by atoms with Gasteiger partial charge in [-0.05, 0) is 65.4 Å². The standard InChI is InChI=1S/C30H25BrClNO4/c1-16-5-11-21(32)15-22(16)33-26(17-6-8-19(9-7-17)30(2,3)4)25(28(35)29(33)36)27(34)24-14-18-13-20(31)10-12-23(18)37-24/h5-15,26,35H,1-4H3. The lowest BCUT2D eigenvalue weighted by Crippen LogP contribution is -2.31. The normalized spacial score (nSPS) is 16.2. The number of hydrogen-bond donors (Lipinski definition) is 1. The molecule has 4 aromatic rings. The number of aliphatic hydroxyl groups is 1. The zero-order valence-electron chi connectivity index (χ0n) is 20.8. The minimum atomic E-state index is -0.869. The molecule has 1 unspecified atom stereocenters. The van der Waals surface area contributed by atoms with E-state index in [4.69, 9.17) is 16.0 Å². The number of aryl methyl sites for hydroxylation is 1. The summed E-state index contributed by atoms with van der Waals surface area (Å²) in [6, 6.07) is 19.1. The minimum absolute atomic E-state index is 0.0361. The number of rotatable bonds is 4. The van der Waals surface area contributed by atoms with Gasteiger partial charge in [0.15, 0.2) is 11.5 Å². The highest BCUT2D eigenvalue weighted by Gasteiger charge is 2.46. The number of carbonyl (C=O) groups is 2. The average Bonchev–Trinajstić information content (AvgIpc) is 3.38. The first-order valence-corrected chi connectivity index (χ1v) is 13.0. The van der Waals surface area contributed by atoms with Gasteiger partial charge in [-0.3, -0.25) is 14.5 Å². The SMILES string of the molecule is Cc1ccc(Cl)cc1N1C(=O)C(O)=C(C(=O)c2cc3cc(Br)ccc3o2)C1c1ccc(C(C)(C)C)cc1. The number of fused-ring (bicyclic) bond motifs is 1. The van der Waals surface area contributed by atoms with Crippen molar-refractivity contribution in [2.45, 2.75) is 39.2 Å². The van der Waals surface area contributed by atoms with Crippen LogP contribution in [0.3, 0.4) is 0 Å². The summed E-state index contributed by atoms with van der Waals surface area (Å²) in [5, 5.41) is 12.3. The Balaban J connectivity index is 1.68. The molecule has 5 rings (SSSR count). The molecule has 1 aliphatic heterocycles. The quantitative estimate of drug-likeness (QED) is 0.248. The maximum Gasteiger partial charge on any atom is 0.294 e. The van der Waals surface area contributed by atoms with Crippen molar-refractivity contribution in [2.24, 2.45) is 0 Å². The summed E-state index contributed by atoms with van der Waals surface area (Å²) in [6.07, 6.45) is 0. The molecule has 188 valence electrons. The van der Waals surface area contributed by atoms with Gasteiger partial charge in [0.1, 0.15) is 5.58 Å². The third-order valence-electron chi connectivity index (χ3n) is 6.68. The molecule has 2 heterocycles. The number of Topliss-reactive ketones (excluding diaryl/α,β-unsaturated/α-hetero) is 1. The molecular weight excluding hydrogens is 554 g/mol. The van der Waals surface area contributed by atoms with Crippen LogP contribution in [0, 0.1) is 6.92 Å². The number of nitrogens with zero attached hydrogens (tertiary/aromatic N) is 1. The van der Waals surface area contributed by atoms with E-state index >= 15 is 0 Å². The number of hydrogen-bond acceptors (Lipinski definition) is 4. The van der Waals surface area contributed by atoms with Crippen LogP contribution in [0.5, 0.6) is 0 Å². The number of amides is 1. The molecule has 37 heavy (non-hydrogen) atoms. The first-order chi connectivity index (χ1) is 17.5. The third kappa shape index (κ3) is 4.49. The Morgan fingerprint density at radius 1 is 1.03 bits per heavy atom. The predicted octanol–water partition coefficient (Wildman–Crippen LogP) is 8.24. The highest BCUT2D eigenvalue weighted by molar-refractivity contribution is 9.10. The molecule has 3 aromatic carbocycles. The van der Waals surface area contributed by atoms with Crippen LogP contribution in [-0.4, -0.2) is 16.8 Å². The number of halogens is 2. The Morgan fingerprint density at radius 3 is 2.41 bits per heavy atom. The summed E-state index contributed by atoms with van der Waals surface area (Å²) in [6.45, 7) is 8.20. The molecular formula is C30H25BrClNO4. The van der Waals surface area contributed by atoms with E-state index in [2.05, 4.69) is 36.7 Å². The van der Waals surface area contributed by atoms with E-state index in [1.54, 1.807) is 30.3 Å². The number of aliphatic hydroxyl groups excluding tert-OH is 1. The van der Waals surface area contributed by atoms with Crippen molar-refractivity contribution in [3.8, 4) is 0 Å². The second-order valence-electron chi connectivity index (χ2n) is 10.3. The van der Waals surface area contributed by atoms with Gasteiger partial charge in [-0.15, -0.1) is 0 Å². The van der Waals surface area contributed by atoms with Gasteiger partial charge in [0, 0.05) is 20.6 Å². The summed E-state index contributed by atoms with van der Waals surface area (Å²) < 4.78 is 6.69. The lowest BCUT2D eigenvalue weighted by molar-refractivity contribution is -0.117. The molecule has 0 spiro atoms. The third-order valence-corrected chi connectivity index (χ3v) is 7.41. The van der Waals surface area contributed by atoms with E-state index in [0.29, 0.717) is 21.9 Å². The van der Waals surface area contributed by atoms with Crippen molar-refractivity contribution in [3.05, 3.63) is 110 Å². The van der Waals surface area contributed by atoms with E-state index in [1.165, 1.54) is 4.90 Å². The van der Waals surface area contributed by atoms with Gasteiger partial charge in [-0.1, -0.05) is 78.6 Å². The molecule has 0 aliphatic carbocycles. The van der Waals surface area contributed by atoms with Gasteiger partial charge in [0.2, 0.25) is 5.78 Å². The Labute approximate surface area is 228 Å². The van der Waals surface area contributed by atoms with Crippen LogP contribution < -0.4 is 4.90 Å². The highest BCUT2D eigenvalue weighted by atomic mass is 79.9. The van der Waals surface area contributed by atoms with Gasteiger partial charge < -0.3 is 9.52 Å². The largest absolute Gasteiger partial charge is 0.503 e. The Bertz CT molecular complexity index is 1590. The van der Waals surface area contributed by atoms with Crippen molar-refractivity contribution in [1.82, 2.24) is 0 Å². The molecule has 1 atom stereocenters. The van der Waals surface area contributed by atoms with Crippen LogP contribution in [0.15, 0.2) is 87.0 Å². The summed E-state index contributed by atoms with van der Waals surface area (Å²) in [7, 11) is 0. The Kier molecular flexibility index (Phi) is 6.29. The number of carbonyl (C=O) groups excluding carboxylic acids is 2. The van der Waals surface area contributed by atoms with Crippen LogP contribution >= 0.6 is 27.5 Å². The highest BCUT2D eigenvalue weighted by Crippen LogP contribution is 2.44. The maximum atomic E-state index is 13.9. The summed E-state index contributed by atoms with van der Waals surface area (Å²) >= 11 is 9.73. The second-order valence-corrected chi connectivity index (χ2v) is 11.6. The van der Waals surface area contributed by atoms with Crippen LogP contribution in [-0.2, 0) is 10.2 Å². The van der Waals surface area contributed by atoms with Gasteiger partial charge in [-0.2, -0.15) is 0 Å². The molecule has 5 nitrogen and oxygen atoms in total. The zero-order chi connectivity index (χ0) is 26.6. The first kappa shape index (κ1) is 25.3. The number of ketones is 1. The fourth-order valence-electron chi connectivity index (χ4n) is 4.67. The monoisotopic (exact) mass is 577 g/mol. The van der Waals surface area contributed by atoms with E-state index < -0.39 is 23.5 Å². The second kappa shape index (κ2) is 9.19. The summed E-state index contributed by atoms with van der Waals surface area (Å²) in [5.74, 6) is -1.78. The van der Waals surface area contributed by atoms with Crippen LogP contribution in [0.4, 0.5) is 5.69 Å². The lowest BCUT2D eigenvalue weighted by Gasteiger charge is -2.29. The molecule has 0 bridgehead atoms. The van der Waals surface area contributed by atoms with E-state index in [-0.39, 0.29) is 16.7 Å². The Morgan fingerprint density at radius 2 is 1.73 bits per heavy atom. The van der Waals surface area contributed by atoms with Crippen LogP contribution in [0.1, 0.15) is 54.1 Å². The molecule has 1 aromatic heterocycles. The van der Waals surface area contributed by atoms with Crippen molar-refractivity contribution in [1.29, 1.82) is 0 Å². The molecule has 1 amide bonds. The molecule has 7 heteroatoms. The molecule has 1 N–H and O–H groups in total. The number of benzene rings is 3. The Hall–Kier alpha value is -3.35. The van der Waals surface area contributed by atoms with Gasteiger partial charge >= 0.3 is 0 Å². The number of anilines is 1. The van der Waals surface area contributed by atoms with Gasteiger partial charge in [0.25, 0.3) is 5.91 Å². The van der Waals surface area contributed by atoms with Gasteiger partial charge in [0.05, 0.1) is 11.6 Å². The van der Waals surface area contributed by atoms with E-state index in [1.807, 2.05) is 43.3 Å². The molecule has 0 saturated carbocycles. The van der Waals surface area contributed by atoms with Crippen LogP contribution in [0.25, 0.3) is 11.0 Å². The predicted molar refractivity (Wildman–Crippen MR) is 149 cm³/mol. The van der Waals surface area contributed by atoms with Crippen LogP contribution in [0.2, 0.25) is 5.02 Å². The summed E-state index contributed by atoms with van der Waals surface area (Å²) in [4.78, 5) is 28.8. The average molecular weight is 579 g/mol. The van der Waals surface area contributed by atoms with E-state index in [9.17, 15) is 14.7 Å². The fourth-order valence-corrected chi connectivity index (χ4v) is 5.21.